The van der Waals surface area contributed by atoms with Crippen molar-refractivity contribution >= 4 is 56.5 Å². The highest BCUT2D eigenvalue weighted by Crippen LogP contribution is 2.58. The smallest absolute Gasteiger partial charge is 0.116 e. The third-order valence-corrected chi connectivity index (χ3v) is 11.6. The van der Waals surface area contributed by atoms with E-state index in [2.05, 4.69) is 150 Å². The zero-order valence-electron chi connectivity index (χ0n) is 17.5. The van der Waals surface area contributed by atoms with Crippen molar-refractivity contribution in [3.05, 3.63) is 137 Å². The van der Waals surface area contributed by atoms with Crippen molar-refractivity contribution < 1.29 is 17.0 Å². The standard InChI is InChI=1S/C29H23IP.BrH/c30-29-24(21-20-23-12-10-11-19-28(23)29)22-31(25-13-4-1-5-14-25,26-15-6-2-7-16-26)27-17-8-3-9-18-27;/h1-21H,22H2;1H/q+1;/p-1. The first-order valence-corrected chi connectivity index (χ1v) is 13.6. The summed E-state index contributed by atoms with van der Waals surface area (Å²) in [5.41, 5.74) is 1.42. The van der Waals surface area contributed by atoms with Gasteiger partial charge in [-0.2, -0.15) is 0 Å². The van der Waals surface area contributed by atoms with Crippen LogP contribution in [0.1, 0.15) is 5.56 Å². The molecule has 158 valence electrons. The molecule has 0 amide bonds. The van der Waals surface area contributed by atoms with Crippen molar-refractivity contribution in [2.75, 3.05) is 0 Å². The molecule has 5 aromatic carbocycles. The zero-order valence-corrected chi connectivity index (χ0v) is 22.2. The summed E-state index contributed by atoms with van der Waals surface area (Å²) >= 11 is 2.55. The van der Waals surface area contributed by atoms with E-state index in [4.69, 9.17) is 0 Å². The minimum absolute atomic E-state index is 0. The van der Waals surface area contributed by atoms with Gasteiger partial charge >= 0.3 is 0 Å². The predicted octanol–water partition coefficient (Wildman–Crippen LogP) is 3.94. The Morgan fingerprint density at radius 2 is 0.938 bits per heavy atom. The predicted molar refractivity (Wildman–Crippen MR) is 146 cm³/mol. The van der Waals surface area contributed by atoms with Gasteiger partial charge in [0.1, 0.15) is 23.2 Å². The van der Waals surface area contributed by atoms with Gasteiger partial charge in [0.15, 0.2) is 0 Å². The third kappa shape index (κ3) is 4.29. The average molecular weight is 609 g/mol. The van der Waals surface area contributed by atoms with Crippen LogP contribution in [-0.4, -0.2) is 0 Å². The summed E-state index contributed by atoms with van der Waals surface area (Å²) in [7, 11) is -1.88. The topological polar surface area (TPSA) is 0 Å². The number of fused-ring (bicyclic) bond motifs is 1. The Labute approximate surface area is 215 Å². The highest BCUT2D eigenvalue weighted by molar-refractivity contribution is 14.1. The molecule has 0 aliphatic heterocycles. The van der Waals surface area contributed by atoms with E-state index in [-0.39, 0.29) is 17.0 Å². The van der Waals surface area contributed by atoms with E-state index in [0.29, 0.717) is 0 Å². The Morgan fingerprint density at radius 1 is 0.500 bits per heavy atom. The minimum atomic E-state index is -1.88. The van der Waals surface area contributed by atoms with Gasteiger partial charge in [0.2, 0.25) is 0 Å². The molecule has 0 unspecified atom stereocenters. The van der Waals surface area contributed by atoms with Crippen LogP contribution in [0.15, 0.2) is 127 Å². The van der Waals surface area contributed by atoms with E-state index in [1.54, 1.807) is 0 Å². The van der Waals surface area contributed by atoms with Gasteiger partial charge in [0, 0.05) is 9.13 Å². The molecule has 32 heavy (non-hydrogen) atoms. The van der Waals surface area contributed by atoms with Gasteiger partial charge in [-0.3, -0.25) is 0 Å². The van der Waals surface area contributed by atoms with Crippen molar-refractivity contribution in [2.24, 2.45) is 0 Å². The van der Waals surface area contributed by atoms with Gasteiger partial charge < -0.3 is 17.0 Å². The van der Waals surface area contributed by atoms with Gasteiger partial charge in [-0.1, -0.05) is 91.0 Å². The summed E-state index contributed by atoms with van der Waals surface area (Å²) in [5.74, 6) is 0. The lowest BCUT2D eigenvalue weighted by molar-refractivity contribution is -0.00000579. The van der Waals surface area contributed by atoms with E-state index in [0.717, 1.165) is 6.16 Å². The number of benzene rings is 5. The summed E-state index contributed by atoms with van der Waals surface area (Å²) in [6.07, 6.45) is 1.01. The van der Waals surface area contributed by atoms with Crippen LogP contribution in [0.25, 0.3) is 10.8 Å². The van der Waals surface area contributed by atoms with Crippen molar-refractivity contribution in [2.45, 2.75) is 6.16 Å². The van der Waals surface area contributed by atoms with E-state index in [1.807, 2.05) is 0 Å². The summed E-state index contributed by atoms with van der Waals surface area (Å²) in [4.78, 5) is 0. The Balaban J connectivity index is 0.00000245. The number of hydrogen-bond acceptors (Lipinski definition) is 0. The summed E-state index contributed by atoms with van der Waals surface area (Å²) in [6.45, 7) is 0. The molecule has 0 N–H and O–H groups in total. The van der Waals surface area contributed by atoms with Gasteiger partial charge in [0.25, 0.3) is 0 Å². The monoisotopic (exact) mass is 608 g/mol. The normalized spacial score (nSPS) is 11.2. The van der Waals surface area contributed by atoms with E-state index in [1.165, 1.54) is 35.8 Å². The largest absolute Gasteiger partial charge is 1.00 e. The van der Waals surface area contributed by atoms with Gasteiger partial charge in [-0.05, 0) is 69.8 Å². The molecule has 0 nitrogen and oxygen atoms in total. The quantitative estimate of drug-likeness (QED) is 0.210. The first-order chi connectivity index (χ1) is 15.3. The summed E-state index contributed by atoms with van der Waals surface area (Å²) < 4.78 is 1.36. The molecule has 0 aliphatic rings. The lowest BCUT2D eigenvalue weighted by Crippen LogP contribution is -3.00. The van der Waals surface area contributed by atoms with Crippen LogP contribution >= 0.6 is 29.9 Å². The molecule has 0 heterocycles. The Hall–Kier alpha value is -2.00. The fourth-order valence-corrected chi connectivity index (χ4v) is 9.85. The van der Waals surface area contributed by atoms with Crippen LogP contribution in [0.2, 0.25) is 0 Å². The van der Waals surface area contributed by atoms with Crippen LogP contribution < -0.4 is 32.9 Å². The molecule has 0 aromatic heterocycles. The van der Waals surface area contributed by atoms with Crippen molar-refractivity contribution in [3.63, 3.8) is 0 Å². The molecule has 0 aliphatic carbocycles. The molecule has 0 atom stereocenters. The van der Waals surface area contributed by atoms with Gasteiger partial charge in [-0.15, -0.1) is 0 Å². The fraction of sp³-hybridized carbons (Fsp3) is 0.0345. The van der Waals surface area contributed by atoms with Crippen LogP contribution in [0, 0.1) is 3.57 Å². The summed E-state index contributed by atoms with van der Waals surface area (Å²) in [6, 6.07) is 46.7. The first-order valence-electron chi connectivity index (χ1n) is 10.5. The molecule has 0 spiro atoms. The van der Waals surface area contributed by atoms with Crippen LogP contribution in [0.4, 0.5) is 0 Å². The minimum Gasteiger partial charge on any atom is -1.00 e. The van der Waals surface area contributed by atoms with Gasteiger partial charge in [0.05, 0.1) is 6.16 Å². The van der Waals surface area contributed by atoms with E-state index in [9.17, 15) is 0 Å². The fourth-order valence-electron chi connectivity index (χ4n) is 4.42. The molecule has 0 radical (unpaired) electrons. The molecule has 5 rings (SSSR count). The Bertz CT molecular complexity index is 1210. The van der Waals surface area contributed by atoms with Crippen LogP contribution in [0.5, 0.6) is 0 Å². The van der Waals surface area contributed by atoms with E-state index < -0.39 is 7.26 Å². The van der Waals surface area contributed by atoms with E-state index >= 15 is 0 Å². The highest BCUT2D eigenvalue weighted by atomic mass is 127. The number of rotatable bonds is 5. The second-order valence-electron chi connectivity index (χ2n) is 7.73. The molecular weight excluding hydrogens is 586 g/mol. The maximum atomic E-state index is 2.55. The SMILES string of the molecule is Ic1c(C[P+](c2ccccc2)(c2ccccc2)c2ccccc2)ccc2ccccc12.[Br-]. The van der Waals surface area contributed by atoms with Crippen molar-refractivity contribution in [1.82, 2.24) is 0 Å². The third-order valence-electron chi connectivity index (χ3n) is 5.94. The zero-order chi connectivity index (χ0) is 21.1. The molecule has 0 saturated carbocycles. The van der Waals surface area contributed by atoms with Crippen LogP contribution in [-0.2, 0) is 6.16 Å². The lowest BCUT2D eigenvalue weighted by atomic mass is 10.1. The Morgan fingerprint density at radius 3 is 1.44 bits per heavy atom. The molecular formula is C29H23BrIP. The second-order valence-corrected chi connectivity index (χ2v) is 12.3. The highest BCUT2D eigenvalue weighted by Gasteiger charge is 2.45. The molecule has 3 heteroatoms. The maximum absolute atomic E-state index is 2.55. The average Bonchev–Trinajstić information content (AvgIpc) is 2.86. The van der Waals surface area contributed by atoms with Gasteiger partial charge in [-0.25, -0.2) is 0 Å². The van der Waals surface area contributed by atoms with Crippen molar-refractivity contribution in [1.29, 1.82) is 0 Å². The summed E-state index contributed by atoms with van der Waals surface area (Å²) in [5, 5.41) is 6.93. The number of hydrogen-bond donors (Lipinski definition) is 0. The molecule has 0 bridgehead atoms. The lowest BCUT2D eigenvalue weighted by Gasteiger charge is -2.28. The Kier molecular flexibility index (Phi) is 7.45. The number of halogens is 2. The molecule has 0 fully saturated rings. The first kappa shape index (κ1) is 23.2. The van der Waals surface area contributed by atoms with Crippen molar-refractivity contribution in [3.8, 4) is 0 Å². The van der Waals surface area contributed by atoms with Crippen LogP contribution in [0.3, 0.4) is 0 Å². The second kappa shape index (κ2) is 10.3. The maximum Gasteiger partial charge on any atom is 0.116 e. The molecule has 0 saturated heterocycles. The molecule has 5 aromatic rings.